The lowest BCUT2D eigenvalue weighted by Crippen LogP contribution is -2.10. The van der Waals surface area contributed by atoms with Crippen LogP contribution in [-0.2, 0) is 16.0 Å². The van der Waals surface area contributed by atoms with Crippen molar-refractivity contribution in [1.29, 1.82) is 0 Å². The Morgan fingerprint density at radius 1 is 1.08 bits per heavy atom. The number of allylic oxidation sites excluding steroid dienone is 1. The number of aryl methyl sites for hydroxylation is 2. The van der Waals surface area contributed by atoms with Crippen LogP contribution < -0.4 is 5.32 Å². The fraction of sp³-hybridized carbons (Fsp3) is 0.286. The van der Waals surface area contributed by atoms with E-state index in [2.05, 4.69) is 31.0 Å². The molecule has 1 amide bonds. The number of hydrogen-bond acceptors (Lipinski definition) is 4. The second-order valence-electron chi connectivity index (χ2n) is 5.07. The van der Waals surface area contributed by atoms with Crippen LogP contribution in [0.2, 0.25) is 0 Å². The highest BCUT2D eigenvalue weighted by atomic mass is 16.3. The third-order valence-corrected chi connectivity index (χ3v) is 2.99. The second-order valence-corrected chi connectivity index (χ2v) is 5.07. The summed E-state index contributed by atoms with van der Waals surface area (Å²) in [6.07, 6.45) is 5.22. The number of carbonyl (C=O) groups is 3. The summed E-state index contributed by atoms with van der Waals surface area (Å²) >= 11 is 0. The van der Waals surface area contributed by atoms with Crippen molar-refractivity contribution in [2.24, 2.45) is 0 Å². The van der Waals surface area contributed by atoms with Crippen molar-refractivity contribution in [3.05, 3.63) is 66.1 Å². The first-order valence-electron chi connectivity index (χ1n) is 8.22. The molecule has 0 fully saturated rings. The monoisotopic (exact) mass is 359 g/mol. The van der Waals surface area contributed by atoms with Crippen molar-refractivity contribution < 1.29 is 18.8 Å². The zero-order valence-electron chi connectivity index (χ0n) is 15.9. The molecule has 1 aromatic carbocycles. The number of unbranched alkanes of at least 4 members (excludes halogenated alkanes) is 1. The number of anilines is 1. The SMILES string of the molecule is C=CC.C=O.C=O.CCCCc1ccc(NC(=O)c2ccc(C)o2)cc1. The Bertz CT molecular complexity index is 615. The van der Waals surface area contributed by atoms with Crippen LogP contribution in [0, 0.1) is 6.92 Å². The van der Waals surface area contributed by atoms with E-state index in [9.17, 15) is 4.79 Å². The van der Waals surface area contributed by atoms with E-state index in [1.807, 2.05) is 39.6 Å². The number of benzene rings is 1. The van der Waals surface area contributed by atoms with Crippen molar-refractivity contribution in [2.45, 2.75) is 40.0 Å². The Hall–Kier alpha value is -2.95. The van der Waals surface area contributed by atoms with Crippen LogP contribution in [0.5, 0.6) is 0 Å². The van der Waals surface area contributed by atoms with Gasteiger partial charge in [0.1, 0.15) is 19.3 Å². The van der Waals surface area contributed by atoms with Crippen LogP contribution in [-0.4, -0.2) is 19.5 Å². The molecule has 1 aromatic heterocycles. The maximum absolute atomic E-state index is 11.9. The van der Waals surface area contributed by atoms with E-state index >= 15 is 0 Å². The first-order chi connectivity index (χ1) is 12.6. The number of rotatable bonds is 5. The Balaban J connectivity index is 0. The van der Waals surface area contributed by atoms with Gasteiger partial charge in [-0.05, 0) is 56.5 Å². The largest absolute Gasteiger partial charge is 0.456 e. The van der Waals surface area contributed by atoms with E-state index in [1.54, 1.807) is 18.2 Å². The lowest BCUT2D eigenvalue weighted by molar-refractivity contribution is -0.0987. The molecule has 0 atom stereocenters. The van der Waals surface area contributed by atoms with Gasteiger partial charge in [-0.1, -0.05) is 31.6 Å². The smallest absolute Gasteiger partial charge is 0.291 e. The molecular weight excluding hydrogens is 330 g/mol. The minimum absolute atomic E-state index is 0.214. The van der Waals surface area contributed by atoms with Crippen LogP contribution in [0.25, 0.3) is 0 Å². The molecule has 142 valence electrons. The van der Waals surface area contributed by atoms with Crippen molar-refractivity contribution in [3.8, 4) is 0 Å². The van der Waals surface area contributed by atoms with E-state index in [-0.39, 0.29) is 5.91 Å². The lowest BCUT2D eigenvalue weighted by atomic mass is 10.1. The summed E-state index contributed by atoms with van der Waals surface area (Å²) in [5.74, 6) is 0.863. The Morgan fingerprint density at radius 2 is 1.62 bits per heavy atom. The molecule has 2 aromatic rings. The van der Waals surface area contributed by atoms with Gasteiger partial charge in [0, 0.05) is 5.69 Å². The number of hydrogen-bond donors (Lipinski definition) is 1. The van der Waals surface area contributed by atoms with E-state index < -0.39 is 0 Å². The number of nitrogens with one attached hydrogen (secondary N) is 1. The van der Waals surface area contributed by atoms with Crippen molar-refractivity contribution in [1.82, 2.24) is 0 Å². The average molecular weight is 359 g/mol. The summed E-state index contributed by atoms with van der Waals surface area (Å²) in [7, 11) is 0. The van der Waals surface area contributed by atoms with Crippen LogP contribution in [0.3, 0.4) is 0 Å². The van der Waals surface area contributed by atoms with Gasteiger partial charge >= 0.3 is 0 Å². The van der Waals surface area contributed by atoms with Crippen LogP contribution in [0.4, 0.5) is 5.69 Å². The minimum Gasteiger partial charge on any atom is -0.456 e. The molecule has 0 saturated heterocycles. The van der Waals surface area contributed by atoms with Crippen molar-refractivity contribution in [2.75, 3.05) is 5.32 Å². The molecular formula is C21H29NO4. The van der Waals surface area contributed by atoms with Gasteiger partial charge in [0.25, 0.3) is 5.91 Å². The third kappa shape index (κ3) is 10.8. The summed E-state index contributed by atoms with van der Waals surface area (Å²) in [6.45, 7) is 13.2. The molecule has 26 heavy (non-hydrogen) atoms. The quantitative estimate of drug-likeness (QED) is 0.762. The summed E-state index contributed by atoms with van der Waals surface area (Å²) in [4.78, 5) is 27.9. The molecule has 1 N–H and O–H groups in total. The molecule has 1 heterocycles. The zero-order chi connectivity index (χ0) is 20.4. The van der Waals surface area contributed by atoms with E-state index in [0.29, 0.717) is 5.76 Å². The predicted octanol–water partition coefficient (Wildman–Crippen LogP) is 5.01. The molecule has 0 bridgehead atoms. The lowest BCUT2D eigenvalue weighted by Gasteiger charge is -2.05. The highest BCUT2D eigenvalue weighted by molar-refractivity contribution is 6.02. The summed E-state index contributed by atoms with van der Waals surface area (Å²) in [6, 6.07) is 11.4. The normalized spacial score (nSPS) is 8.42. The molecule has 0 unspecified atom stereocenters. The van der Waals surface area contributed by atoms with Gasteiger partial charge in [0.2, 0.25) is 0 Å². The van der Waals surface area contributed by atoms with E-state index in [1.165, 1.54) is 18.4 Å². The van der Waals surface area contributed by atoms with Gasteiger partial charge in [0.15, 0.2) is 5.76 Å². The molecule has 2 rings (SSSR count). The molecule has 0 aliphatic heterocycles. The first kappa shape index (κ1) is 25.3. The predicted molar refractivity (Wildman–Crippen MR) is 107 cm³/mol. The van der Waals surface area contributed by atoms with Crippen molar-refractivity contribution in [3.63, 3.8) is 0 Å². The van der Waals surface area contributed by atoms with Crippen LogP contribution >= 0.6 is 0 Å². The Morgan fingerprint density at radius 3 is 2.04 bits per heavy atom. The highest BCUT2D eigenvalue weighted by Gasteiger charge is 2.09. The minimum atomic E-state index is -0.214. The maximum Gasteiger partial charge on any atom is 0.291 e. The molecule has 0 saturated carbocycles. The van der Waals surface area contributed by atoms with Crippen molar-refractivity contribution >= 4 is 25.2 Å². The molecule has 0 aliphatic rings. The zero-order valence-corrected chi connectivity index (χ0v) is 15.9. The molecule has 0 aliphatic carbocycles. The van der Waals surface area contributed by atoms with Gasteiger partial charge < -0.3 is 19.3 Å². The number of amides is 1. The second kappa shape index (κ2) is 16.9. The van der Waals surface area contributed by atoms with Gasteiger partial charge in [-0.25, -0.2) is 0 Å². The maximum atomic E-state index is 11.9. The van der Waals surface area contributed by atoms with E-state index in [0.717, 1.165) is 17.9 Å². The average Bonchev–Trinajstić information content (AvgIpc) is 3.12. The molecule has 0 spiro atoms. The van der Waals surface area contributed by atoms with Crippen LogP contribution in [0.1, 0.15) is 48.6 Å². The fourth-order valence-electron chi connectivity index (χ4n) is 1.88. The van der Waals surface area contributed by atoms with Gasteiger partial charge in [0.05, 0.1) is 0 Å². The molecule has 5 nitrogen and oxygen atoms in total. The highest BCUT2D eigenvalue weighted by Crippen LogP contribution is 2.14. The van der Waals surface area contributed by atoms with Gasteiger partial charge in [-0.3, -0.25) is 4.79 Å². The topological polar surface area (TPSA) is 76.4 Å². The number of carbonyl (C=O) groups excluding carboxylic acids is 3. The third-order valence-electron chi connectivity index (χ3n) is 2.99. The summed E-state index contributed by atoms with van der Waals surface area (Å²) in [5.41, 5.74) is 2.09. The van der Waals surface area contributed by atoms with E-state index in [4.69, 9.17) is 14.0 Å². The van der Waals surface area contributed by atoms with Crippen LogP contribution in [0.15, 0.2) is 53.5 Å². The summed E-state index contributed by atoms with van der Waals surface area (Å²) < 4.78 is 5.28. The fourth-order valence-corrected chi connectivity index (χ4v) is 1.88. The van der Waals surface area contributed by atoms with Gasteiger partial charge in [-0.2, -0.15) is 0 Å². The Labute approximate surface area is 156 Å². The first-order valence-corrected chi connectivity index (χ1v) is 8.22. The standard InChI is InChI=1S/C16H19NO2.C3H6.2CH2O/c1-3-4-5-13-7-9-14(10-8-13)17-16(18)15-11-6-12(2)19-15;1-3-2;2*1-2/h6-11H,3-5H2,1-2H3,(H,17,18);3H,1H2,2H3;2*1H2. The molecule has 0 radical (unpaired) electrons. The summed E-state index contributed by atoms with van der Waals surface area (Å²) in [5, 5.41) is 2.82. The number of furan rings is 1. The van der Waals surface area contributed by atoms with Gasteiger partial charge in [-0.15, -0.1) is 6.58 Å². The molecule has 5 heteroatoms. The Kier molecular flexibility index (Phi) is 16.4.